The number of hydrogen-bond acceptors (Lipinski definition) is 16. The van der Waals surface area contributed by atoms with Gasteiger partial charge in [0.25, 0.3) is 0 Å². The molecule has 17 nitrogen and oxygen atoms in total. The molecule has 0 radical (unpaired) electrons. The van der Waals surface area contributed by atoms with E-state index in [4.69, 9.17) is 23.7 Å². The van der Waals surface area contributed by atoms with Gasteiger partial charge in [-0.05, 0) is 99.2 Å². The molecular formula is C68H130O17S. The lowest BCUT2D eigenvalue weighted by atomic mass is 9.80. The van der Waals surface area contributed by atoms with Gasteiger partial charge < -0.3 is 54.3 Å². The maximum atomic E-state index is 14.2. The Hall–Kier alpha value is -1.55. The molecule has 0 aromatic rings. The van der Waals surface area contributed by atoms with Gasteiger partial charge in [0, 0.05) is 6.42 Å². The minimum Gasteiger partial charge on any atom is -0.455 e. The zero-order chi connectivity index (χ0) is 64.0. The van der Waals surface area contributed by atoms with Gasteiger partial charge in [-0.2, -0.15) is 8.42 Å². The van der Waals surface area contributed by atoms with Crippen LogP contribution in [-0.4, -0.2) is 136 Å². The van der Waals surface area contributed by atoms with Crippen LogP contribution in [0.2, 0.25) is 0 Å². The van der Waals surface area contributed by atoms with Crippen molar-refractivity contribution in [1.82, 2.24) is 0 Å². The van der Waals surface area contributed by atoms with Gasteiger partial charge in [0.1, 0.15) is 30.5 Å². The van der Waals surface area contributed by atoms with Crippen LogP contribution < -0.4 is 0 Å². The van der Waals surface area contributed by atoms with Crippen molar-refractivity contribution in [3.05, 3.63) is 0 Å². The second kappa shape index (κ2) is 46.5. The number of aliphatic hydroxyl groups is 6. The fraction of sp³-hybridized carbons (Fsp3) is 0.971. The molecule has 86 heavy (non-hydrogen) atoms. The lowest BCUT2D eigenvalue weighted by molar-refractivity contribution is -0.374. The summed E-state index contributed by atoms with van der Waals surface area (Å²) in [5, 5.41) is 64.3. The van der Waals surface area contributed by atoms with Crippen LogP contribution in [0, 0.1) is 47.3 Å². The average molecular weight is 1250 g/mol. The second-order valence-corrected chi connectivity index (χ2v) is 28.7. The van der Waals surface area contributed by atoms with E-state index in [1.54, 1.807) is 6.92 Å². The number of aliphatic hydroxyl groups excluding tert-OH is 6. The van der Waals surface area contributed by atoms with E-state index >= 15 is 0 Å². The third-order valence-electron chi connectivity index (χ3n) is 18.3. The molecule has 0 spiro atoms. The molecule has 18 heteroatoms. The van der Waals surface area contributed by atoms with Gasteiger partial charge in [-0.1, -0.05) is 230 Å². The van der Waals surface area contributed by atoms with Gasteiger partial charge in [-0.15, -0.1) is 0 Å². The van der Waals surface area contributed by atoms with Crippen LogP contribution in [0.4, 0.5) is 0 Å². The third kappa shape index (κ3) is 34.8. The van der Waals surface area contributed by atoms with Crippen molar-refractivity contribution in [2.45, 2.75) is 361 Å². The molecule has 2 fully saturated rings. The van der Waals surface area contributed by atoms with E-state index in [1.165, 1.54) is 128 Å². The highest BCUT2D eigenvalue weighted by atomic mass is 32.3. The van der Waals surface area contributed by atoms with Gasteiger partial charge in [0.2, 0.25) is 6.29 Å². The number of hydrogen-bond donors (Lipinski definition) is 7. The molecular weight excluding hydrogens is 1120 g/mol. The summed E-state index contributed by atoms with van der Waals surface area (Å²) in [6.07, 6.45) is 20.7. The molecule has 2 saturated heterocycles. The van der Waals surface area contributed by atoms with Crippen molar-refractivity contribution >= 4 is 22.3 Å². The summed E-state index contributed by atoms with van der Waals surface area (Å²) < 4.78 is 67.5. The molecule has 2 heterocycles. The molecule has 2 aliphatic rings. The first kappa shape index (κ1) is 80.5. The summed E-state index contributed by atoms with van der Waals surface area (Å²) in [4.78, 5) is 27.7. The monoisotopic (exact) mass is 1250 g/mol. The lowest BCUT2D eigenvalue weighted by Crippen LogP contribution is -2.65. The zero-order valence-electron chi connectivity index (χ0n) is 55.8. The van der Waals surface area contributed by atoms with Crippen LogP contribution in [-0.2, 0) is 47.9 Å². The standard InChI is InChI=1S/C68H130O17S/c1-11-13-15-17-19-21-23-25-27-29-31-33-35-37-56(71)54(9)44-52(7)42-50(5)40-48(3)39-49(4)41-51(6)43-53(8)45-55(10)66(76)83-65-63(82-59(72)38-36-34-32-30-28-26-24-22-20-18-16-14-12-2)61(74)58(47-70)81-68(65)84-67-64(85-86(77,78)79)62(75)60(73)57(46-69)80-67/h48-58,60-65,67-71,73-75H,11-47H2,1-10H3,(H,77,78,79). The van der Waals surface area contributed by atoms with Crippen molar-refractivity contribution in [1.29, 1.82) is 0 Å². The molecule has 0 aliphatic carbocycles. The smallest absolute Gasteiger partial charge is 0.397 e. The summed E-state index contributed by atoms with van der Waals surface area (Å²) >= 11 is 0. The topological polar surface area (TPSA) is 265 Å². The van der Waals surface area contributed by atoms with E-state index in [0.29, 0.717) is 48.3 Å². The number of rotatable bonds is 52. The number of ether oxygens (including phenoxy) is 5. The largest absolute Gasteiger partial charge is 0.455 e. The van der Waals surface area contributed by atoms with Crippen LogP contribution in [0.15, 0.2) is 0 Å². The molecule has 0 saturated carbocycles. The Bertz CT molecular complexity index is 1810. The number of carbonyl (C=O) groups is 2. The first-order chi connectivity index (χ1) is 40.9. The van der Waals surface area contributed by atoms with Crippen LogP contribution in [0.1, 0.15) is 294 Å². The lowest BCUT2D eigenvalue weighted by Gasteiger charge is -2.46. The van der Waals surface area contributed by atoms with Gasteiger partial charge in [-0.3, -0.25) is 14.1 Å². The maximum absolute atomic E-state index is 14.2. The maximum Gasteiger partial charge on any atom is 0.397 e. The number of carbonyl (C=O) groups excluding carboxylic acids is 2. The Morgan fingerprint density at radius 2 is 0.814 bits per heavy atom. The average Bonchev–Trinajstić information content (AvgIpc) is 1.04. The predicted molar refractivity (Wildman–Crippen MR) is 339 cm³/mol. The predicted octanol–water partition coefficient (Wildman–Crippen LogP) is 13.7. The van der Waals surface area contributed by atoms with E-state index in [-0.39, 0.29) is 18.4 Å². The van der Waals surface area contributed by atoms with Crippen LogP contribution in [0.5, 0.6) is 0 Å². The molecule has 19 atom stereocenters. The molecule has 2 aliphatic heterocycles. The van der Waals surface area contributed by atoms with Crippen molar-refractivity contribution in [3.8, 4) is 0 Å². The quantitative estimate of drug-likeness (QED) is 0.0170. The Kier molecular flexibility index (Phi) is 43.6. The number of esters is 2. The van der Waals surface area contributed by atoms with Gasteiger partial charge in [0.05, 0.1) is 25.2 Å². The second-order valence-electron chi connectivity index (χ2n) is 27.7. The molecule has 19 unspecified atom stereocenters. The summed E-state index contributed by atoms with van der Waals surface area (Å²) in [7, 11) is -5.33. The molecule has 510 valence electrons. The van der Waals surface area contributed by atoms with Gasteiger partial charge >= 0.3 is 22.3 Å². The third-order valence-corrected chi connectivity index (χ3v) is 18.8. The van der Waals surface area contributed by atoms with Crippen LogP contribution in [0.3, 0.4) is 0 Å². The van der Waals surface area contributed by atoms with E-state index in [9.17, 15) is 53.2 Å². The zero-order valence-corrected chi connectivity index (χ0v) is 56.6. The minimum absolute atomic E-state index is 0.0242. The van der Waals surface area contributed by atoms with E-state index < -0.39 is 103 Å². The Morgan fingerprint density at radius 1 is 0.453 bits per heavy atom. The number of unbranched alkanes of at least 4 members (excludes halogenated alkanes) is 24. The first-order valence-corrected chi connectivity index (χ1v) is 36.3. The Balaban J connectivity index is 1.98. The molecule has 0 aromatic carbocycles. The van der Waals surface area contributed by atoms with E-state index in [2.05, 4.69) is 66.5 Å². The van der Waals surface area contributed by atoms with E-state index in [1.807, 2.05) is 0 Å². The van der Waals surface area contributed by atoms with Crippen LogP contribution >= 0.6 is 0 Å². The molecule has 2 rings (SSSR count). The molecule has 7 N–H and O–H groups in total. The first-order valence-electron chi connectivity index (χ1n) is 34.9. The Labute approximate surface area is 523 Å². The van der Waals surface area contributed by atoms with Crippen molar-refractivity contribution in [2.75, 3.05) is 13.2 Å². The molecule has 0 bridgehead atoms. The summed E-state index contributed by atoms with van der Waals surface area (Å²) in [6.45, 7) is 20.4. The van der Waals surface area contributed by atoms with Crippen molar-refractivity contribution < 1.29 is 81.1 Å². The van der Waals surface area contributed by atoms with E-state index in [0.717, 1.165) is 77.0 Å². The normalized spacial score (nSPS) is 26.1. The highest BCUT2D eigenvalue weighted by Gasteiger charge is 2.55. The summed E-state index contributed by atoms with van der Waals surface area (Å²) in [5.41, 5.74) is 0. The van der Waals surface area contributed by atoms with Crippen molar-refractivity contribution in [3.63, 3.8) is 0 Å². The highest BCUT2D eigenvalue weighted by Crippen LogP contribution is 2.36. The van der Waals surface area contributed by atoms with Crippen LogP contribution in [0.25, 0.3) is 0 Å². The summed E-state index contributed by atoms with van der Waals surface area (Å²) in [6, 6.07) is 0. The van der Waals surface area contributed by atoms with Gasteiger partial charge in [0.15, 0.2) is 24.6 Å². The molecule has 0 aromatic heterocycles. The summed E-state index contributed by atoms with van der Waals surface area (Å²) in [5.74, 6) is 0.757. The highest BCUT2D eigenvalue weighted by molar-refractivity contribution is 7.80. The SMILES string of the molecule is CCCCCCCCCCCCCCCC(=O)OC1C(O)C(CO)OC(OC2OC(CO)C(O)C(O)C2OS(=O)(=O)O)C1OC(=O)C(C)CC(C)CC(C)CC(C)CC(C)CC(C)CC(C)CC(C)C(O)CCCCCCCCCCCCCCC. The van der Waals surface area contributed by atoms with Gasteiger partial charge in [-0.25, -0.2) is 4.18 Å². The van der Waals surface area contributed by atoms with Crippen molar-refractivity contribution in [2.24, 2.45) is 47.3 Å². The Morgan fingerprint density at radius 3 is 1.22 bits per heavy atom. The fourth-order valence-corrected chi connectivity index (χ4v) is 14.3. The fourth-order valence-electron chi connectivity index (χ4n) is 13.9. The molecule has 0 amide bonds. The minimum atomic E-state index is -5.33.